The summed E-state index contributed by atoms with van der Waals surface area (Å²) in [6.07, 6.45) is 5.02. The Hall–Kier alpha value is -2.24. The van der Waals surface area contributed by atoms with Gasteiger partial charge < -0.3 is 10.2 Å². The summed E-state index contributed by atoms with van der Waals surface area (Å²) in [7, 11) is 0. The molecule has 0 spiro atoms. The third-order valence-electron chi connectivity index (χ3n) is 5.33. The van der Waals surface area contributed by atoms with Crippen molar-refractivity contribution in [3.05, 3.63) is 35.4 Å². The predicted octanol–water partition coefficient (Wildman–Crippen LogP) is 2.88. The molecule has 3 aliphatic rings. The Kier molecular flexibility index (Phi) is 3.57. The van der Waals surface area contributed by atoms with E-state index in [1.165, 1.54) is 25.7 Å². The zero-order valence-corrected chi connectivity index (χ0v) is 14.6. The van der Waals surface area contributed by atoms with Crippen LogP contribution in [0.3, 0.4) is 0 Å². The first-order valence-electron chi connectivity index (χ1n) is 9.42. The van der Waals surface area contributed by atoms with E-state index in [9.17, 15) is 0 Å². The maximum Gasteiger partial charge on any atom is 0.151 e. The van der Waals surface area contributed by atoms with E-state index in [1.807, 2.05) is 13.0 Å². The lowest BCUT2D eigenvalue weighted by molar-refractivity contribution is 0.425. The number of aromatic nitrogens is 4. The number of hydrogen-bond acceptors (Lipinski definition) is 6. The highest BCUT2D eigenvalue weighted by molar-refractivity contribution is 5.42. The van der Waals surface area contributed by atoms with Gasteiger partial charge in [0, 0.05) is 49.1 Å². The minimum atomic E-state index is 0.594. The number of aryl methyl sites for hydroxylation is 1. The zero-order chi connectivity index (χ0) is 16.8. The molecule has 25 heavy (non-hydrogen) atoms. The zero-order valence-electron chi connectivity index (χ0n) is 14.6. The number of nitrogens with one attached hydrogen (secondary N) is 1. The molecule has 5 rings (SSSR count). The van der Waals surface area contributed by atoms with E-state index in [0.717, 1.165) is 48.5 Å². The van der Waals surface area contributed by atoms with E-state index in [4.69, 9.17) is 0 Å². The van der Waals surface area contributed by atoms with Gasteiger partial charge in [0.05, 0.1) is 5.69 Å². The Balaban J connectivity index is 1.14. The summed E-state index contributed by atoms with van der Waals surface area (Å²) in [6, 6.07) is 6.32. The first-order valence-corrected chi connectivity index (χ1v) is 9.42. The Morgan fingerprint density at radius 2 is 1.84 bits per heavy atom. The molecule has 2 aliphatic carbocycles. The average molecular weight is 336 g/mol. The van der Waals surface area contributed by atoms with Gasteiger partial charge in [-0.15, -0.1) is 5.10 Å². The summed E-state index contributed by atoms with van der Waals surface area (Å²) < 4.78 is 0. The van der Waals surface area contributed by atoms with Crippen LogP contribution in [0, 0.1) is 12.8 Å². The molecule has 6 heteroatoms. The summed E-state index contributed by atoms with van der Waals surface area (Å²) in [6.45, 7) is 5.06. The van der Waals surface area contributed by atoms with E-state index in [-0.39, 0.29) is 0 Å². The van der Waals surface area contributed by atoms with Crippen molar-refractivity contribution in [1.29, 1.82) is 0 Å². The van der Waals surface area contributed by atoms with Gasteiger partial charge in [-0.05, 0) is 44.7 Å². The smallest absolute Gasteiger partial charge is 0.151 e. The molecule has 2 saturated carbocycles. The molecule has 0 aromatic carbocycles. The molecule has 0 unspecified atom stereocenters. The topological polar surface area (TPSA) is 66.8 Å². The van der Waals surface area contributed by atoms with Crippen LogP contribution in [0.4, 0.5) is 11.6 Å². The molecule has 3 fully saturated rings. The second-order valence-corrected chi connectivity index (χ2v) is 7.77. The Morgan fingerprint density at radius 1 is 1.04 bits per heavy atom. The molecule has 3 heterocycles. The molecular weight excluding hydrogens is 312 g/mol. The second kappa shape index (κ2) is 5.93. The summed E-state index contributed by atoms with van der Waals surface area (Å²) in [4.78, 5) is 11.5. The van der Waals surface area contributed by atoms with Crippen molar-refractivity contribution < 1.29 is 0 Å². The number of rotatable bonds is 6. The van der Waals surface area contributed by atoms with E-state index in [1.54, 1.807) is 0 Å². The summed E-state index contributed by atoms with van der Waals surface area (Å²) in [5.41, 5.74) is 2.22. The lowest BCUT2D eigenvalue weighted by atomic mass is 10.0. The van der Waals surface area contributed by atoms with Crippen LogP contribution >= 0.6 is 0 Å². The van der Waals surface area contributed by atoms with Gasteiger partial charge in [0.2, 0.25) is 0 Å². The SMILES string of the molecule is Cc1cc(NCC2CN(c3ccc(C4CC4)nn3)C2)nc(C2CC2)n1. The molecule has 1 saturated heterocycles. The average Bonchev–Trinajstić information content (AvgIpc) is 3.47. The van der Waals surface area contributed by atoms with Crippen molar-refractivity contribution in [2.45, 2.75) is 44.4 Å². The molecule has 6 nitrogen and oxygen atoms in total. The van der Waals surface area contributed by atoms with Crippen LogP contribution < -0.4 is 10.2 Å². The second-order valence-electron chi connectivity index (χ2n) is 7.77. The van der Waals surface area contributed by atoms with Crippen molar-refractivity contribution in [3.63, 3.8) is 0 Å². The number of anilines is 2. The Morgan fingerprint density at radius 3 is 2.52 bits per heavy atom. The molecule has 0 radical (unpaired) electrons. The van der Waals surface area contributed by atoms with Crippen LogP contribution in [0.25, 0.3) is 0 Å². The van der Waals surface area contributed by atoms with E-state index >= 15 is 0 Å². The van der Waals surface area contributed by atoms with Crippen LogP contribution in [-0.4, -0.2) is 39.8 Å². The van der Waals surface area contributed by atoms with Gasteiger partial charge in [0.1, 0.15) is 11.6 Å². The minimum absolute atomic E-state index is 0.594. The quantitative estimate of drug-likeness (QED) is 0.875. The van der Waals surface area contributed by atoms with Crippen LogP contribution in [-0.2, 0) is 0 Å². The highest BCUT2D eigenvalue weighted by Gasteiger charge is 2.30. The Bertz CT molecular complexity index is 760. The van der Waals surface area contributed by atoms with Crippen molar-refractivity contribution in [3.8, 4) is 0 Å². The lowest BCUT2D eigenvalue weighted by Gasteiger charge is -2.40. The van der Waals surface area contributed by atoms with Gasteiger partial charge >= 0.3 is 0 Å². The summed E-state index contributed by atoms with van der Waals surface area (Å²) in [5.74, 6) is 4.90. The van der Waals surface area contributed by atoms with Gasteiger partial charge in [-0.1, -0.05) is 0 Å². The molecular formula is C19H24N6. The maximum absolute atomic E-state index is 4.68. The summed E-state index contributed by atoms with van der Waals surface area (Å²) in [5, 5.41) is 12.3. The highest BCUT2D eigenvalue weighted by atomic mass is 15.3. The molecule has 1 N–H and O–H groups in total. The van der Waals surface area contributed by atoms with E-state index < -0.39 is 0 Å². The number of hydrogen-bond donors (Lipinski definition) is 1. The standard InChI is InChI=1S/C19H24N6/c1-12-8-17(22-19(21-12)15-4-5-15)20-9-13-10-25(11-13)18-7-6-16(23-24-18)14-2-3-14/h6-8,13-15H,2-5,9-11H2,1H3,(H,20,21,22). The van der Waals surface area contributed by atoms with Gasteiger partial charge in [-0.25, -0.2) is 9.97 Å². The van der Waals surface area contributed by atoms with Gasteiger partial charge in [-0.3, -0.25) is 0 Å². The molecule has 2 aromatic heterocycles. The third-order valence-corrected chi connectivity index (χ3v) is 5.33. The monoisotopic (exact) mass is 336 g/mol. The van der Waals surface area contributed by atoms with Crippen molar-refractivity contribution in [1.82, 2.24) is 20.2 Å². The van der Waals surface area contributed by atoms with Gasteiger partial charge in [-0.2, -0.15) is 5.10 Å². The van der Waals surface area contributed by atoms with E-state index in [0.29, 0.717) is 17.8 Å². The third kappa shape index (κ3) is 3.30. The van der Waals surface area contributed by atoms with Crippen molar-refractivity contribution >= 4 is 11.6 Å². The predicted molar refractivity (Wildman–Crippen MR) is 96.9 cm³/mol. The summed E-state index contributed by atoms with van der Waals surface area (Å²) >= 11 is 0. The fourth-order valence-electron chi connectivity index (χ4n) is 3.44. The molecule has 0 amide bonds. The van der Waals surface area contributed by atoms with Crippen LogP contribution in [0.2, 0.25) is 0 Å². The van der Waals surface area contributed by atoms with Crippen LogP contribution in [0.15, 0.2) is 18.2 Å². The van der Waals surface area contributed by atoms with Gasteiger partial charge in [0.15, 0.2) is 5.82 Å². The molecule has 130 valence electrons. The van der Waals surface area contributed by atoms with E-state index in [2.05, 4.69) is 42.5 Å². The molecule has 0 bridgehead atoms. The van der Waals surface area contributed by atoms with Crippen molar-refractivity contribution in [2.24, 2.45) is 5.92 Å². The normalized spacial score (nSPS) is 20.4. The molecule has 2 aromatic rings. The first kappa shape index (κ1) is 15.0. The first-order chi connectivity index (χ1) is 12.2. The Labute approximate surface area is 148 Å². The van der Waals surface area contributed by atoms with Crippen molar-refractivity contribution in [2.75, 3.05) is 29.9 Å². The van der Waals surface area contributed by atoms with Crippen LogP contribution in [0.5, 0.6) is 0 Å². The molecule has 1 aliphatic heterocycles. The number of nitrogens with zero attached hydrogens (tertiary/aromatic N) is 5. The fraction of sp³-hybridized carbons (Fsp3) is 0.579. The highest BCUT2D eigenvalue weighted by Crippen LogP contribution is 2.39. The van der Waals surface area contributed by atoms with Crippen LogP contribution in [0.1, 0.15) is 54.7 Å². The maximum atomic E-state index is 4.68. The molecule has 0 atom stereocenters. The fourth-order valence-corrected chi connectivity index (χ4v) is 3.44. The lowest BCUT2D eigenvalue weighted by Crippen LogP contribution is -2.50. The minimum Gasteiger partial charge on any atom is -0.370 e. The van der Waals surface area contributed by atoms with Gasteiger partial charge in [0.25, 0.3) is 0 Å². The largest absolute Gasteiger partial charge is 0.370 e.